The van der Waals surface area contributed by atoms with Crippen molar-refractivity contribution in [1.82, 2.24) is 4.90 Å². The first-order valence-corrected chi connectivity index (χ1v) is 10.6. The second-order valence-electron chi connectivity index (χ2n) is 7.94. The predicted molar refractivity (Wildman–Crippen MR) is 122 cm³/mol. The van der Waals surface area contributed by atoms with E-state index >= 15 is 0 Å². The van der Waals surface area contributed by atoms with E-state index in [-0.39, 0.29) is 24.0 Å². The van der Waals surface area contributed by atoms with Gasteiger partial charge in [0.1, 0.15) is 28.2 Å². The van der Waals surface area contributed by atoms with E-state index in [9.17, 15) is 9.90 Å². The fourth-order valence-corrected chi connectivity index (χ4v) is 4.78. The highest BCUT2D eigenvalue weighted by atomic mass is 35.5. The molecule has 1 fully saturated rings. The Labute approximate surface area is 185 Å². The molecule has 0 spiro atoms. The van der Waals surface area contributed by atoms with E-state index in [0.29, 0.717) is 38.8 Å². The number of aliphatic hydroxyl groups is 1. The highest BCUT2D eigenvalue weighted by molar-refractivity contribution is 6.34. The Kier molecular flexibility index (Phi) is 5.97. The number of likely N-dealkylation sites (tertiary alicyclic amines) is 1. The molecule has 0 radical (unpaired) electrons. The zero-order valence-electron chi connectivity index (χ0n) is 18.1. The molecule has 1 aliphatic heterocycles. The monoisotopic (exact) mass is 443 g/mol. The second kappa shape index (κ2) is 8.54. The van der Waals surface area contributed by atoms with E-state index in [0.717, 1.165) is 24.1 Å². The first-order valence-electron chi connectivity index (χ1n) is 10.2. The SMILES string of the molecule is COc1cc(OC)c2c(=O)cc(-c3cccc(C)c3Cl)oc2c1[C@H]1CCN(C)[C@@H]1CO. The van der Waals surface area contributed by atoms with Crippen LogP contribution in [-0.4, -0.2) is 50.5 Å². The van der Waals surface area contributed by atoms with Gasteiger partial charge in [0, 0.05) is 35.2 Å². The van der Waals surface area contributed by atoms with Crippen LogP contribution in [0.5, 0.6) is 11.5 Å². The Morgan fingerprint density at radius 2 is 1.97 bits per heavy atom. The van der Waals surface area contributed by atoms with Gasteiger partial charge in [-0.1, -0.05) is 23.7 Å². The zero-order valence-corrected chi connectivity index (χ0v) is 18.8. The molecule has 164 valence electrons. The van der Waals surface area contributed by atoms with Crippen LogP contribution in [-0.2, 0) is 0 Å². The van der Waals surface area contributed by atoms with Crippen molar-refractivity contribution in [2.24, 2.45) is 0 Å². The Bertz CT molecular complexity index is 1190. The zero-order chi connectivity index (χ0) is 22.3. The van der Waals surface area contributed by atoms with Crippen LogP contribution in [0.2, 0.25) is 5.02 Å². The lowest BCUT2D eigenvalue weighted by atomic mass is 9.89. The van der Waals surface area contributed by atoms with Crippen molar-refractivity contribution < 1.29 is 19.0 Å². The number of rotatable bonds is 5. The van der Waals surface area contributed by atoms with E-state index < -0.39 is 0 Å². The number of hydrogen-bond acceptors (Lipinski definition) is 6. The molecule has 1 N–H and O–H groups in total. The number of aryl methyl sites for hydroxylation is 1. The molecular weight excluding hydrogens is 418 g/mol. The highest BCUT2D eigenvalue weighted by Gasteiger charge is 2.37. The minimum atomic E-state index is -0.221. The molecule has 31 heavy (non-hydrogen) atoms. The Morgan fingerprint density at radius 3 is 2.65 bits per heavy atom. The van der Waals surface area contributed by atoms with Gasteiger partial charge in [-0.25, -0.2) is 0 Å². The minimum absolute atomic E-state index is 0.00846. The lowest BCUT2D eigenvalue weighted by Crippen LogP contribution is -2.32. The van der Waals surface area contributed by atoms with Crippen molar-refractivity contribution in [1.29, 1.82) is 0 Å². The Balaban J connectivity index is 2.07. The summed E-state index contributed by atoms with van der Waals surface area (Å²) in [7, 11) is 5.07. The Morgan fingerprint density at radius 1 is 1.23 bits per heavy atom. The lowest BCUT2D eigenvalue weighted by Gasteiger charge is -2.25. The van der Waals surface area contributed by atoms with Crippen molar-refractivity contribution in [3.05, 3.63) is 56.7 Å². The molecule has 6 nitrogen and oxygen atoms in total. The van der Waals surface area contributed by atoms with Crippen LogP contribution in [0, 0.1) is 6.92 Å². The van der Waals surface area contributed by atoms with Gasteiger partial charge >= 0.3 is 0 Å². The number of fused-ring (bicyclic) bond motifs is 1. The van der Waals surface area contributed by atoms with Gasteiger partial charge in [0.25, 0.3) is 0 Å². The van der Waals surface area contributed by atoms with Crippen LogP contribution in [0.25, 0.3) is 22.3 Å². The minimum Gasteiger partial charge on any atom is -0.496 e. The maximum Gasteiger partial charge on any atom is 0.197 e. The first-order chi connectivity index (χ1) is 14.9. The summed E-state index contributed by atoms with van der Waals surface area (Å²) in [5, 5.41) is 10.9. The molecule has 2 heterocycles. The Hall–Kier alpha value is -2.54. The fourth-order valence-electron chi connectivity index (χ4n) is 4.56. The number of likely N-dealkylation sites (N-methyl/N-ethyl adjacent to an activating group) is 1. The molecule has 0 bridgehead atoms. The number of aliphatic hydroxyl groups excluding tert-OH is 1. The van der Waals surface area contributed by atoms with Gasteiger partial charge in [0.05, 0.1) is 25.8 Å². The number of hydrogen-bond donors (Lipinski definition) is 1. The van der Waals surface area contributed by atoms with Gasteiger partial charge in [-0.05, 0) is 38.6 Å². The number of ether oxygens (including phenoxy) is 2. The first kappa shape index (κ1) is 21.7. The molecule has 1 aromatic heterocycles. The second-order valence-corrected chi connectivity index (χ2v) is 8.31. The van der Waals surface area contributed by atoms with Crippen LogP contribution in [0.3, 0.4) is 0 Å². The van der Waals surface area contributed by atoms with E-state index in [4.69, 9.17) is 25.5 Å². The molecule has 0 saturated carbocycles. The predicted octanol–water partition coefficient (Wildman–Crippen LogP) is 4.22. The third-order valence-corrected chi connectivity index (χ3v) is 6.75. The third kappa shape index (κ3) is 3.59. The van der Waals surface area contributed by atoms with Gasteiger partial charge in [-0.3, -0.25) is 4.79 Å². The summed E-state index contributed by atoms with van der Waals surface area (Å²) >= 11 is 6.53. The summed E-state index contributed by atoms with van der Waals surface area (Å²) in [6, 6.07) is 8.68. The van der Waals surface area contributed by atoms with Gasteiger partial charge in [0.15, 0.2) is 5.43 Å². The van der Waals surface area contributed by atoms with E-state index in [1.165, 1.54) is 13.2 Å². The number of methoxy groups -OCH3 is 2. The number of halogens is 1. The maximum atomic E-state index is 13.2. The standard InChI is InChI=1S/C24H26ClNO5/c1-13-6-5-7-15(23(13)25)18-10-17(28)22-20(30-4)11-19(29-3)21(24(22)31-18)14-8-9-26(2)16(14)12-27/h5-7,10-11,14,16,27H,8-9,12H2,1-4H3/t14-,16+/m0/s1. The van der Waals surface area contributed by atoms with Gasteiger partial charge in [-0.15, -0.1) is 0 Å². The summed E-state index contributed by atoms with van der Waals surface area (Å²) in [5.41, 5.74) is 2.50. The molecule has 3 aromatic rings. The molecule has 2 atom stereocenters. The largest absolute Gasteiger partial charge is 0.496 e. The van der Waals surface area contributed by atoms with Gasteiger partial charge in [-0.2, -0.15) is 0 Å². The maximum absolute atomic E-state index is 13.2. The topological polar surface area (TPSA) is 72.1 Å². The summed E-state index contributed by atoms with van der Waals surface area (Å²) in [6.45, 7) is 2.72. The molecule has 0 amide bonds. The smallest absolute Gasteiger partial charge is 0.197 e. The van der Waals surface area contributed by atoms with E-state index in [1.807, 2.05) is 32.2 Å². The molecule has 0 aliphatic carbocycles. The average Bonchev–Trinajstić information content (AvgIpc) is 3.13. The van der Waals surface area contributed by atoms with Crippen molar-refractivity contribution in [3.63, 3.8) is 0 Å². The molecule has 2 aromatic carbocycles. The fraction of sp³-hybridized carbons (Fsp3) is 0.375. The van der Waals surface area contributed by atoms with Crippen molar-refractivity contribution in [2.75, 3.05) is 34.4 Å². The summed E-state index contributed by atoms with van der Waals surface area (Å²) in [4.78, 5) is 15.4. The average molecular weight is 444 g/mol. The van der Waals surface area contributed by atoms with Gasteiger partial charge < -0.3 is 23.9 Å². The van der Waals surface area contributed by atoms with Gasteiger partial charge in [0.2, 0.25) is 0 Å². The van der Waals surface area contributed by atoms with Crippen LogP contribution in [0.1, 0.15) is 23.5 Å². The van der Waals surface area contributed by atoms with Crippen LogP contribution < -0.4 is 14.9 Å². The van der Waals surface area contributed by atoms with Crippen molar-refractivity contribution in [2.45, 2.75) is 25.3 Å². The summed E-state index contributed by atoms with van der Waals surface area (Å²) in [5.74, 6) is 1.27. The van der Waals surface area contributed by atoms with Crippen LogP contribution in [0.15, 0.2) is 39.5 Å². The lowest BCUT2D eigenvalue weighted by molar-refractivity contribution is 0.171. The molecule has 7 heteroatoms. The highest BCUT2D eigenvalue weighted by Crippen LogP contribution is 2.45. The molecule has 4 rings (SSSR count). The van der Waals surface area contributed by atoms with E-state index in [2.05, 4.69) is 4.90 Å². The third-order valence-electron chi connectivity index (χ3n) is 6.24. The molecular formula is C24H26ClNO5. The normalized spacial score (nSPS) is 19.2. The molecule has 1 aliphatic rings. The summed E-state index contributed by atoms with van der Waals surface area (Å²) < 4.78 is 17.6. The summed E-state index contributed by atoms with van der Waals surface area (Å²) in [6.07, 6.45) is 0.804. The van der Waals surface area contributed by atoms with Crippen LogP contribution in [0.4, 0.5) is 0 Å². The van der Waals surface area contributed by atoms with Crippen LogP contribution >= 0.6 is 11.6 Å². The molecule has 1 saturated heterocycles. The number of benzene rings is 2. The van der Waals surface area contributed by atoms with E-state index in [1.54, 1.807) is 13.2 Å². The van der Waals surface area contributed by atoms with Crippen molar-refractivity contribution in [3.8, 4) is 22.8 Å². The quantitative estimate of drug-likeness (QED) is 0.636. The number of nitrogens with zero attached hydrogens (tertiary/aromatic N) is 1. The van der Waals surface area contributed by atoms with Crippen molar-refractivity contribution >= 4 is 22.6 Å². The molecule has 0 unspecified atom stereocenters.